The van der Waals surface area contributed by atoms with Gasteiger partial charge in [0.25, 0.3) is 17.7 Å². The SMILES string of the molecule is CCOC1C(=O)N(C(C(=O)NC2CC3(CCC2Cl)NC(=O)C3(CC)Oc2ccc(C(C)(C)CC)cc2C(C)(C)CC)C(=O)c2ccc(OC)cc2)C(=O)N1Cc1ccccc1. The van der Waals surface area contributed by atoms with Crippen LogP contribution in [0.3, 0.4) is 0 Å². The van der Waals surface area contributed by atoms with E-state index in [-0.39, 0.29) is 41.9 Å². The van der Waals surface area contributed by atoms with Crippen LogP contribution in [0.1, 0.15) is 121 Å². The lowest BCUT2D eigenvalue weighted by Gasteiger charge is -2.60. The van der Waals surface area contributed by atoms with E-state index in [0.29, 0.717) is 35.7 Å². The van der Waals surface area contributed by atoms with Crippen LogP contribution in [-0.2, 0) is 36.5 Å². The molecule has 13 heteroatoms. The normalized spacial score (nSPS) is 24.6. The van der Waals surface area contributed by atoms with Gasteiger partial charge >= 0.3 is 6.03 Å². The largest absolute Gasteiger partial charge is 0.497 e. The van der Waals surface area contributed by atoms with Gasteiger partial charge < -0.3 is 24.8 Å². The third-order valence-corrected chi connectivity index (χ3v) is 14.1. The molecule has 2 aliphatic heterocycles. The Labute approximate surface area is 365 Å². The van der Waals surface area contributed by atoms with Crippen molar-refractivity contribution in [1.29, 1.82) is 0 Å². The van der Waals surface area contributed by atoms with Crippen molar-refractivity contribution in [3.63, 3.8) is 0 Å². The van der Waals surface area contributed by atoms with E-state index in [1.165, 1.54) is 29.7 Å². The molecule has 5 amide bonds. The second kappa shape index (κ2) is 17.8. The van der Waals surface area contributed by atoms with Crippen molar-refractivity contribution in [3.8, 4) is 11.5 Å². The number of alkyl halides is 1. The van der Waals surface area contributed by atoms with Crippen molar-refractivity contribution in [2.75, 3.05) is 13.7 Å². The number of ketones is 1. The summed E-state index contributed by atoms with van der Waals surface area (Å²) in [6.07, 6.45) is 1.80. The van der Waals surface area contributed by atoms with E-state index in [2.05, 4.69) is 64.3 Å². The van der Waals surface area contributed by atoms with Crippen molar-refractivity contribution in [2.45, 2.75) is 146 Å². The maximum Gasteiger partial charge on any atom is 0.330 e. The van der Waals surface area contributed by atoms with Crippen LogP contribution in [-0.4, -0.2) is 87.9 Å². The highest BCUT2D eigenvalue weighted by Gasteiger charge is 2.69. The number of carbonyl (C=O) groups excluding carboxylic acids is 5. The Hall–Kier alpha value is -4.94. The summed E-state index contributed by atoms with van der Waals surface area (Å²) in [5.41, 5.74) is 0.447. The summed E-state index contributed by atoms with van der Waals surface area (Å²) in [6, 6.07) is 17.9. The van der Waals surface area contributed by atoms with Gasteiger partial charge in [0.05, 0.1) is 24.6 Å². The molecule has 3 aromatic carbocycles. The lowest BCUT2D eigenvalue weighted by molar-refractivity contribution is -0.176. The van der Waals surface area contributed by atoms with E-state index < -0.39 is 58.5 Å². The van der Waals surface area contributed by atoms with Gasteiger partial charge in [-0.2, -0.15) is 0 Å². The number of hydrogen-bond acceptors (Lipinski definition) is 8. The first-order chi connectivity index (χ1) is 28.9. The number of imide groups is 1. The molecule has 12 nitrogen and oxygen atoms in total. The predicted octanol–water partition coefficient (Wildman–Crippen LogP) is 7.82. The summed E-state index contributed by atoms with van der Waals surface area (Å²) in [7, 11) is 1.49. The Morgan fingerprint density at radius 2 is 1.61 bits per heavy atom. The van der Waals surface area contributed by atoms with E-state index in [1.54, 1.807) is 19.1 Å². The fraction of sp³-hybridized carbons (Fsp3) is 0.521. The molecule has 6 unspecified atom stereocenters. The summed E-state index contributed by atoms with van der Waals surface area (Å²) in [4.78, 5) is 73.8. The van der Waals surface area contributed by atoms with E-state index >= 15 is 0 Å². The zero-order valence-electron chi connectivity index (χ0n) is 36.9. The van der Waals surface area contributed by atoms with Gasteiger partial charge in [-0.1, -0.05) is 90.9 Å². The molecular weight excluding hydrogens is 796 g/mol. The van der Waals surface area contributed by atoms with Gasteiger partial charge in [0.15, 0.2) is 11.8 Å². The zero-order chi connectivity index (χ0) is 44.5. The van der Waals surface area contributed by atoms with Crippen molar-refractivity contribution in [2.24, 2.45) is 0 Å². The van der Waals surface area contributed by atoms with Gasteiger partial charge in [-0.05, 0) is 97.7 Å². The second-order valence-corrected chi connectivity index (χ2v) is 18.3. The third-order valence-electron chi connectivity index (χ3n) is 13.5. The first-order valence-electron chi connectivity index (χ1n) is 21.5. The minimum Gasteiger partial charge on any atom is -0.497 e. The van der Waals surface area contributed by atoms with E-state index in [9.17, 15) is 24.0 Å². The fourth-order valence-electron chi connectivity index (χ4n) is 8.85. The van der Waals surface area contributed by atoms with Crippen LogP contribution in [0.5, 0.6) is 11.5 Å². The number of Topliss-reactive ketones (excluding diaryl/α,β-unsaturated/α-hetero) is 1. The minimum absolute atomic E-state index is 0.00157. The predicted molar refractivity (Wildman–Crippen MR) is 234 cm³/mol. The van der Waals surface area contributed by atoms with Crippen molar-refractivity contribution in [1.82, 2.24) is 20.4 Å². The van der Waals surface area contributed by atoms with Gasteiger partial charge in [-0.25, -0.2) is 9.69 Å². The van der Waals surface area contributed by atoms with Crippen molar-refractivity contribution >= 4 is 41.1 Å². The molecular formula is C48H61ClN4O8. The van der Waals surface area contributed by atoms with Gasteiger partial charge in [0, 0.05) is 23.8 Å². The average Bonchev–Trinajstić information content (AvgIpc) is 3.47. The molecule has 0 aromatic heterocycles. The number of hydrogen-bond donors (Lipinski definition) is 2. The number of benzene rings is 3. The summed E-state index contributed by atoms with van der Waals surface area (Å²) in [5, 5.41) is 5.54. The highest BCUT2D eigenvalue weighted by molar-refractivity contribution is 6.22. The summed E-state index contributed by atoms with van der Waals surface area (Å²) >= 11 is 7.03. The molecule has 6 atom stereocenters. The van der Waals surface area contributed by atoms with E-state index in [4.69, 9.17) is 25.8 Å². The molecule has 1 spiro atoms. The molecule has 0 bridgehead atoms. The molecule has 1 saturated carbocycles. The van der Waals surface area contributed by atoms with Gasteiger partial charge in [0.2, 0.25) is 11.8 Å². The Bertz CT molecular complexity index is 2130. The molecule has 3 aliphatic rings. The molecule has 0 radical (unpaired) electrons. The van der Waals surface area contributed by atoms with Crippen LogP contribution < -0.4 is 20.1 Å². The van der Waals surface area contributed by atoms with Crippen LogP contribution in [0.4, 0.5) is 4.79 Å². The van der Waals surface area contributed by atoms with Crippen LogP contribution >= 0.6 is 11.6 Å². The topological polar surface area (TPSA) is 144 Å². The Kier molecular flexibility index (Phi) is 13.3. The van der Waals surface area contributed by atoms with Gasteiger partial charge in [-0.15, -0.1) is 11.6 Å². The number of nitrogens with zero attached hydrogens (tertiary/aromatic N) is 2. The molecule has 6 rings (SSSR count). The summed E-state index contributed by atoms with van der Waals surface area (Å²) in [6.45, 7) is 16.8. The highest BCUT2D eigenvalue weighted by Crippen LogP contribution is 2.50. The highest BCUT2D eigenvalue weighted by atomic mass is 35.5. The van der Waals surface area contributed by atoms with Gasteiger partial charge in [0.1, 0.15) is 11.5 Å². The third kappa shape index (κ3) is 8.37. The monoisotopic (exact) mass is 856 g/mol. The molecule has 2 N–H and O–H groups in total. The number of halogens is 1. The Morgan fingerprint density at radius 1 is 0.934 bits per heavy atom. The maximum absolute atomic E-state index is 14.8. The van der Waals surface area contributed by atoms with Crippen LogP contribution in [0.15, 0.2) is 72.8 Å². The fourth-order valence-corrected chi connectivity index (χ4v) is 9.12. The van der Waals surface area contributed by atoms with Crippen LogP contribution in [0.25, 0.3) is 0 Å². The van der Waals surface area contributed by atoms with Crippen LogP contribution in [0.2, 0.25) is 0 Å². The molecule has 61 heavy (non-hydrogen) atoms. The number of ether oxygens (including phenoxy) is 3. The number of β-lactam (4-membered cyclic amide) rings is 1. The first kappa shape index (κ1) is 45.6. The van der Waals surface area contributed by atoms with Gasteiger partial charge in [-0.3, -0.25) is 24.1 Å². The van der Waals surface area contributed by atoms with Crippen molar-refractivity contribution in [3.05, 3.63) is 95.1 Å². The molecule has 2 heterocycles. The molecule has 1 aliphatic carbocycles. The van der Waals surface area contributed by atoms with Crippen molar-refractivity contribution < 1.29 is 38.2 Å². The van der Waals surface area contributed by atoms with E-state index in [0.717, 1.165) is 24.0 Å². The zero-order valence-corrected chi connectivity index (χ0v) is 37.7. The summed E-state index contributed by atoms with van der Waals surface area (Å²) in [5.74, 6) is -1.65. The number of methoxy groups -OCH3 is 1. The number of urea groups is 1. The Balaban J connectivity index is 1.34. The quantitative estimate of drug-likeness (QED) is 0.0460. The number of carbonyl (C=O) groups is 5. The molecule has 328 valence electrons. The standard InChI is InChI=1S/C48H61ClN4O8/c1-10-45(5,6)32-21-24-37(34(27-32)46(7,8)11-2)61-48(12-3)43(57)51-47(48)26-25-35(49)36(28-47)50-40(55)38(39(54)31-19-22-33(59-9)23-20-31)53-41(56)42(60-13-4)52(44(53)58)29-30-17-15-14-16-18-30/h14-24,27,35-36,38,42H,10-13,25-26,28-29H2,1-9H3,(H,50,55)(H,51,57). The number of rotatable bonds is 17. The number of nitrogens with one attached hydrogen (secondary N) is 2. The maximum atomic E-state index is 14.8. The van der Waals surface area contributed by atoms with Crippen LogP contribution in [0, 0.1) is 0 Å². The lowest BCUT2D eigenvalue weighted by atomic mass is 9.61. The second-order valence-electron chi connectivity index (χ2n) is 17.8. The first-order valence-corrected chi connectivity index (χ1v) is 21.9. The molecule has 3 aromatic rings. The lowest BCUT2D eigenvalue weighted by Crippen LogP contribution is -2.85. The molecule has 3 fully saturated rings. The minimum atomic E-state index is -1.91. The molecule has 2 saturated heterocycles. The summed E-state index contributed by atoms with van der Waals surface area (Å²) < 4.78 is 18.1. The number of amides is 5. The smallest absolute Gasteiger partial charge is 0.330 e. The Morgan fingerprint density at radius 3 is 2.20 bits per heavy atom. The average molecular weight is 857 g/mol. The van der Waals surface area contributed by atoms with E-state index in [1.807, 2.05) is 43.3 Å².